The fourth-order valence-corrected chi connectivity index (χ4v) is 4.17. The lowest BCUT2D eigenvalue weighted by Gasteiger charge is -2.23. The monoisotopic (exact) mass is 502 g/mol. The number of hydrogen-bond donors (Lipinski definition) is 1. The molecule has 1 aliphatic rings. The van der Waals surface area contributed by atoms with Gasteiger partial charge in [0.1, 0.15) is 17.3 Å². The molecule has 0 aliphatic carbocycles. The third kappa shape index (κ3) is 3.73. The van der Waals surface area contributed by atoms with Gasteiger partial charge in [0, 0.05) is 16.1 Å². The van der Waals surface area contributed by atoms with E-state index in [0.29, 0.717) is 17.1 Å². The number of carbonyl (C=O) groups is 2. The van der Waals surface area contributed by atoms with Crippen LogP contribution in [-0.4, -0.2) is 29.1 Å². The van der Waals surface area contributed by atoms with E-state index in [4.69, 9.17) is 20.9 Å². The fraction of sp³-hybridized carbons (Fsp3) is 0.136. The molecule has 158 valence electrons. The second-order valence-corrected chi connectivity index (χ2v) is 8.19. The molecule has 2 aromatic carbocycles. The van der Waals surface area contributed by atoms with Crippen LogP contribution in [0.5, 0.6) is 5.75 Å². The predicted octanol–water partition coefficient (Wildman–Crippen LogP) is 5.03. The number of anilines is 1. The second-order valence-electron chi connectivity index (χ2n) is 6.87. The number of halogens is 2. The van der Waals surface area contributed by atoms with Gasteiger partial charge in [0.2, 0.25) is 0 Å². The Hall–Kier alpha value is -3.10. The minimum Gasteiger partial charge on any atom is -0.507 e. The number of aromatic nitrogens is 1. The number of rotatable bonds is 4. The molecular weight excluding hydrogens is 488 g/mol. The highest BCUT2D eigenvalue weighted by Gasteiger charge is 2.48. The number of hydrogen-bond acceptors (Lipinski definition) is 6. The van der Waals surface area contributed by atoms with Crippen LogP contribution in [-0.2, 0) is 9.59 Å². The zero-order valence-electron chi connectivity index (χ0n) is 16.4. The van der Waals surface area contributed by atoms with Crippen molar-refractivity contribution in [3.63, 3.8) is 0 Å². The third-order valence-corrected chi connectivity index (χ3v) is 5.69. The van der Waals surface area contributed by atoms with Gasteiger partial charge in [-0.3, -0.25) is 14.5 Å². The van der Waals surface area contributed by atoms with Crippen LogP contribution in [0, 0.1) is 6.92 Å². The van der Waals surface area contributed by atoms with Crippen LogP contribution >= 0.6 is 27.5 Å². The summed E-state index contributed by atoms with van der Waals surface area (Å²) in [5.41, 5.74) is 0.806. The zero-order valence-corrected chi connectivity index (χ0v) is 18.8. The van der Waals surface area contributed by atoms with Gasteiger partial charge in [-0.2, -0.15) is 0 Å². The highest BCUT2D eigenvalue weighted by Crippen LogP contribution is 2.42. The minimum atomic E-state index is -0.914. The first kappa shape index (κ1) is 21.1. The first-order chi connectivity index (χ1) is 14.8. The summed E-state index contributed by atoms with van der Waals surface area (Å²) in [4.78, 5) is 27.3. The van der Waals surface area contributed by atoms with E-state index >= 15 is 0 Å². The lowest BCUT2D eigenvalue weighted by atomic mass is 9.95. The number of carbonyl (C=O) groups excluding carboxylic acids is 2. The summed E-state index contributed by atoms with van der Waals surface area (Å²) < 4.78 is 11.0. The maximum Gasteiger partial charge on any atom is 0.301 e. The van der Waals surface area contributed by atoms with E-state index in [0.717, 1.165) is 4.47 Å². The van der Waals surface area contributed by atoms with Gasteiger partial charge in [0.15, 0.2) is 5.82 Å². The van der Waals surface area contributed by atoms with E-state index < -0.39 is 17.7 Å². The van der Waals surface area contributed by atoms with Gasteiger partial charge < -0.3 is 14.4 Å². The van der Waals surface area contributed by atoms with Gasteiger partial charge >= 0.3 is 5.91 Å². The molecule has 31 heavy (non-hydrogen) atoms. The average molecular weight is 504 g/mol. The molecule has 1 aliphatic heterocycles. The van der Waals surface area contributed by atoms with E-state index in [1.807, 2.05) is 6.07 Å². The normalized spacial score (nSPS) is 17.9. The fourth-order valence-electron chi connectivity index (χ4n) is 3.50. The van der Waals surface area contributed by atoms with Crippen LogP contribution in [0.1, 0.15) is 22.9 Å². The number of ketones is 1. The number of Topliss-reactive ketones (excluding diaryl/α,β-unsaturated/α-hetero) is 1. The maximum atomic E-state index is 13.1. The number of aliphatic hydroxyl groups is 1. The molecule has 1 saturated heterocycles. The highest BCUT2D eigenvalue weighted by atomic mass is 79.9. The Bertz CT molecular complexity index is 1240. The van der Waals surface area contributed by atoms with Crippen molar-refractivity contribution in [2.45, 2.75) is 13.0 Å². The number of aliphatic hydroxyl groups excluding tert-OH is 1. The van der Waals surface area contributed by atoms with Crippen molar-refractivity contribution in [2.75, 3.05) is 12.0 Å². The number of amides is 1. The van der Waals surface area contributed by atoms with Crippen LogP contribution in [0.2, 0.25) is 5.02 Å². The molecule has 1 atom stereocenters. The van der Waals surface area contributed by atoms with Gasteiger partial charge in [-0.1, -0.05) is 44.8 Å². The maximum absolute atomic E-state index is 13.1. The molecule has 1 fully saturated rings. The van der Waals surface area contributed by atoms with Gasteiger partial charge in [0.05, 0.1) is 23.7 Å². The molecule has 1 unspecified atom stereocenters. The number of aryl methyl sites for hydroxylation is 1. The van der Waals surface area contributed by atoms with Crippen molar-refractivity contribution < 1.29 is 24.0 Å². The Kier molecular flexibility index (Phi) is 5.60. The van der Waals surface area contributed by atoms with E-state index in [1.165, 1.54) is 18.1 Å². The summed E-state index contributed by atoms with van der Waals surface area (Å²) in [6, 6.07) is 12.4. The van der Waals surface area contributed by atoms with Crippen molar-refractivity contribution in [3.8, 4) is 5.75 Å². The van der Waals surface area contributed by atoms with Crippen LogP contribution < -0.4 is 9.64 Å². The van der Waals surface area contributed by atoms with Gasteiger partial charge in [-0.25, -0.2) is 0 Å². The van der Waals surface area contributed by atoms with Crippen molar-refractivity contribution in [2.24, 2.45) is 0 Å². The van der Waals surface area contributed by atoms with Gasteiger partial charge in [0.25, 0.3) is 5.78 Å². The standard InChI is InChI=1S/C22H16BrClN2O5/c1-11-8-17(25-31-11)26-19(12-4-3-5-14(23)9-12)18(21(28)22(26)29)20(27)13-6-7-16(30-2)15(24)10-13/h3-10,19,27H,1-2H3. The van der Waals surface area contributed by atoms with Crippen LogP contribution in [0.3, 0.4) is 0 Å². The molecule has 1 amide bonds. The summed E-state index contributed by atoms with van der Waals surface area (Å²) in [5, 5.41) is 15.3. The quantitative estimate of drug-likeness (QED) is 0.305. The number of benzene rings is 2. The molecule has 3 aromatic rings. The first-order valence-corrected chi connectivity index (χ1v) is 10.3. The van der Waals surface area contributed by atoms with E-state index in [9.17, 15) is 14.7 Å². The average Bonchev–Trinajstić information content (AvgIpc) is 3.28. The summed E-state index contributed by atoms with van der Waals surface area (Å²) in [7, 11) is 1.47. The number of methoxy groups -OCH3 is 1. The summed E-state index contributed by atoms with van der Waals surface area (Å²) >= 11 is 9.61. The molecule has 0 saturated carbocycles. The third-order valence-electron chi connectivity index (χ3n) is 4.90. The van der Waals surface area contributed by atoms with E-state index in [1.54, 1.807) is 43.3 Å². The predicted molar refractivity (Wildman–Crippen MR) is 118 cm³/mol. The highest BCUT2D eigenvalue weighted by molar-refractivity contribution is 9.10. The Morgan fingerprint density at radius 2 is 2.00 bits per heavy atom. The van der Waals surface area contributed by atoms with Crippen LogP contribution in [0.15, 0.2) is 63.1 Å². The number of nitrogens with zero attached hydrogens (tertiary/aromatic N) is 2. The second kappa shape index (κ2) is 8.20. The van der Waals surface area contributed by atoms with E-state index in [2.05, 4.69) is 21.1 Å². The molecular formula is C22H16BrClN2O5. The van der Waals surface area contributed by atoms with Crippen molar-refractivity contribution in [1.82, 2.24) is 5.16 Å². The molecule has 9 heteroatoms. The molecule has 4 rings (SSSR count). The Morgan fingerprint density at radius 3 is 2.61 bits per heavy atom. The zero-order chi connectivity index (χ0) is 22.3. The topological polar surface area (TPSA) is 92.9 Å². The van der Waals surface area contributed by atoms with Crippen molar-refractivity contribution in [1.29, 1.82) is 0 Å². The Balaban J connectivity index is 1.94. The van der Waals surface area contributed by atoms with Crippen LogP contribution in [0.4, 0.5) is 5.82 Å². The molecule has 2 heterocycles. The van der Waals surface area contributed by atoms with Crippen molar-refractivity contribution in [3.05, 3.63) is 80.5 Å². The minimum absolute atomic E-state index is 0.0787. The summed E-state index contributed by atoms with van der Waals surface area (Å²) in [6.07, 6.45) is 0. The Labute approximate surface area is 191 Å². The lowest BCUT2D eigenvalue weighted by molar-refractivity contribution is -0.132. The van der Waals surface area contributed by atoms with Crippen molar-refractivity contribution >= 4 is 50.8 Å². The van der Waals surface area contributed by atoms with Crippen LogP contribution in [0.25, 0.3) is 5.76 Å². The van der Waals surface area contributed by atoms with E-state index in [-0.39, 0.29) is 27.7 Å². The molecule has 0 bridgehead atoms. The summed E-state index contributed by atoms with van der Waals surface area (Å²) in [5.74, 6) is -0.936. The lowest BCUT2D eigenvalue weighted by Crippen LogP contribution is -2.29. The molecule has 7 nitrogen and oxygen atoms in total. The van der Waals surface area contributed by atoms with Gasteiger partial charge in [-0.15, -0.1) is 0 Å². The SMILES string of the molecule is COc1ccc(C(O)=C2C(=O)C(=O)N(c3cc(C)on3)C2c2cccc(Br)c2)cc1Cl. The Morgan fingerprint density at radius 1 is 1.23 bits per heavy atom. The molecule has 0 spiro atoms. The van der Waals surface area contributed by atoms with Gasteiger partial charge in [-0.05, 0) is 42.8 Å². The molecule has 1 aromatic heterocycles. The number of ether oxygens (including phenoxy) is 1. The first-order valence-electron chi connectivity index (χ1n) is 9.15. The molecule has 0 radical (unpaired) electrons. The largest absolute Gasteiger partial charge is 0.507 e. The summed E-state index contributed by atoms with van der Waals surface area (Å²) in [6.45, 7) is 1.68. The molecule has 1 N–H and O–H groups in total. The smallest absolute Gasteiger partial charge is 0.301 e.